The van der Waals surface area contributed by atoms with Crippen molar-refractivity contribution >= 4 is 10.0 Å². The largest absolute Gasteiger partial charge is 0.326 e. The van der Waals surface area contributed by atoms with Gasteiger partial charge in [0.2, 0.25) is 10.0 Å². The zero-order valence-electron chi connectivity index (χ0n) is 11.4. The highest BCUT2D eigenvalue weighted by Crippen LogP contribution is 2.12. The van der Waals surface area contributed by atoms with Crippen molar-refractivity contribution in [2.75, 3.05) is 13.1 Å². The third-order valence-electron chi connectivity index (χ3n) is 2.81. The van der Waals surface area contributed by atoms with Gasteiger partial charge in [-0.1, -0.05) is 37.3 Å². The van der Waals surface area contributed by atoms with Crippen LogP contribution < -0.4 is 5.73 Å². The van der Waals surface area contributed by atoms with Gasteiger partial charge < -0.3 is 5.73 Å². The first kappa shape index (κ1) is 15.9. The highest BCUT2D eigenvalue weighted by atomic mass is 32.2. The van der Waals surface area contributed by atoms with E-state index in [1.165, 1.54) is 4.31 Å². The number of benzene rings is 1. The molecule has 0 heterocycles. The molecule has 0 saturated carbocycles. The Labute approximate surface area is 116 Å². The van der Waals surface area contributed by atoms with Gasteiger partial charge in [-0.25, -0.2) is 8.42 Å². The lowest BCUT2D eigenvalue weighted by molar-refractivity contribution is 0.441. The third kappa shape index (κ3) is 4.78. The van der Waals surface area contributed by atoms with E-state index in [2.05, 4.69) is 6.58 Å². The van der Waals surface area contributed by atoms with Crippen molar-refractivity contribution < 1.29 is 8.42 Å². The standard InChI is InChI=1S/C14H22N2O2S/c1-3-9-16(10-4-2)19(17,18)12-14-7-5-13(11-15)6-8-14/h3,5-8H,1,4,9-12,15H2,2H3. The Kier molecular flexibility index (Phi) is 6.21. The molecule has 106 valence electrons. The fourth-order valence-corrected chi connectivity index (χ4v) is 3.40. The first-order valence-electron chi connectivity index (χ1n) is 6.40. The van der Waals surface area contributed by atoms with Crippen molar-refractivity contribution in [1.82, 2.24) is 4.31 Å². The average molecular weight is 282 g/mol. The van der Waals surface area contributed by atoms with Crippen LogP contribution in [0.25, 0.3) is 0 Å². The fourth-order valence-electron chi connectivity index (χ4n) is 1.81. The van der Waals surface area contributed by atoms with Gasteiger partial charge >= 0.3 is 0 Å². The van der Waals surface area contributed by atoms with Crippen LogP contribution in [-0.2, 0) is 22.3 Å². The lowest BCUT2D eigenvalue weighted by atomic mass is 10.1. The molecule has 0 bridgehead atoms. The molecule has 0 spiro atoms. The summed E-state index contributed by atoms with van der Waals surface area (Å²) in [6.07, 6.45) is 2.41. The van der Waals surface area contributed by atoms with Crippen LogP contribution in [-0.4, -0.2) is 25.8 Å². The van der Waals surface area contributed by atoms with E-state index in [9.17, 15) is 8.42 Å². The molecule has 0 aliphatic rings. The second-order valence-corrected chi connectivity index (χ2v) is 6.39. The molecule has 0 fully saturated rings. The quantitative estimate of drug-likeness (QED) is 0.740. The number of nitrogens with two attached hydrogens (primary N) is 1. The van der Waals surface area contributed by atoms with E-state index >= 15 is 0 Å². The molecule has 1 aromatic rings. The predicted molar refractivity (Wildman–Crippen MR) is 79.0 cm³/mol. The number of sulfonamides is 1. The van der Waals surface area contributed by atoms with Crippen molar-refractivity contribution in [3.63, 3.8) is 0 Å². The van der Waals surface area contributed by atoms with Crippen molar-refractivity contribution in [1.29, 1.82) is 0 Å². The van der Waals surface area contributed by atoms with Gasteiger partial charge in [0.25, 0.3) is 0 Å². The average Bonchev–Trinajstić information content (AvgIpc) is 2.39. The monoisotopic (exact) mass is 282 g/mol. The van der Waals surface area contributed by atoms with Crippen LogP contribution in [0.3, 0.4) is 0 Å². The van der Waals surface area contributed by atoms with E-state index in [1.54, 1.807) is 6.08 Å². The van der Waals surface area contributed by atoms with Crippen molar-refractivity contribution in [3.8, 4) is 0 Å². The summed E-state index contributed by atoms with van der Waals surface area (Å²) in [5.41, 5.74) is 7.29. The zero-order valence-corrected chi connectivity index (χ0v) is 12.2. The van der Waals surface area contributed by atoms with Crippen molar-refractivity contribution in [2.24, 2.45) is 5.73 Å². The molecule has 19 heavy (non-hydrogen) atoms. The highest BCUT2D eigenvalue weighted by Gasteiger charge is 2.20. The molecular formula is C14H22N2O2S. The first-order chi connectivity index (χ1) is 9.03. The highest BCUT2D eigenvalue weighted by molar-refractivity contribution is 7.88. The maximum atomic E-state index is 12.3. The summed E-state index contributed by atoms with van der Waals surface area (Å²) in [5.74, 6) is 0.0195. The van der Waals surface area contributed by atoms with Gasteiger partial charge in [-0.05, 0) is 17.5 Å². The normalized spacial score (nSPS) is 11.7. The molecule has 1 aromatic carbocycles. The molecule has 0 aliphatic heterocycles. The van der Waals surface area contributed by atoms with E-state index in [0.717, 1.165) is 17.5 Å². The Morgan fingerprint density at radius 1 is 1.26 bits per heavy atom. The topological polar surface area (TPSA) is 63.4 Å². The molecule has 0 radical (unpaired) electrons. The minimum absolute atomic E-state index is 0.0195. The second-order valence-electron chi connectivity index (χ2n) is 4.42. The minimum atomic E-state index is -3.29. The smallest absolute Gasteiger partial charge is 0.218 e. The SMILES string of the molecule is C=CCN(CCC)S(=O)(=O)Cc1ccc(CN)cc1. The van der Waals surface area contributed by atoms with Crippen LogP contribution in [0.1, 0.15) is 24.5 Å². The number of hydrogen-bond donors (Lipinski definition) is 1. The summed E-state index contributed by atoms with van der Waals surface area (Å²) in [7, 11) is -3.29. The minimum Gasteiger partial charge on any atom is -0.326 e. The van der Waals surface area contributed by atoms with Crippen LogP contribution in [0.15, 0.2) is 36.9 Å². The summed E-state index contributed by atoms with van der Waals surface area (Å²) in [5, 5.41) is 0. The van der Waals surface area contributed by atoms with Gasteiger partial charge in [-0.2, -0.15) is 4.31 Å². The molecule has 1 rings (SSSR count). The van der Waals surface area contributed by atoms with Crippen LogP contribution in [0, 0.1) is 0 Å². The Morgan fingerprint density at radius 2 is 1.84 bits per heavy atom. The fraction of sp³-hybridized carbons (Fsp3) is 0.429. The van der Waals surface area contributed by atoms with E-state index in [0.29, 0.717) is 19.6 Å². The summed E-state index contributed by atoms with van der Waals surface area (Å²) >= 11 is 0. The Morgan fingerprint density at radius 3 is 2.32 bits per heavy atom. The number of hydrogen-bond acceptors (Lipinski definition) is 3. The summed E-state index contributed by atoms with van der Waals surface area (Å²) < 4.78 is 26.0. The van der Waals surface area contributed by atoms with E-state index in [4.69, 9.17) is 5.73 Å². The van der Waals surface area contributed by atoms with Crippen LogP contribution in [0.2, 0.25) is 0 Å². The lowest BCUT2D eigenvalue weighted by Gasteiger charge is -2.20. The van der Waals surface area contributed by atoms with E-state index in [-0.39, 0.29) is 5.75 Å². The summed E-state index contributed by atoms with van der Waals surface area (Å²) in [6.45, 7) is 6.91. The molecule has 0 amide bonds. The Bertz CT molecular complexity index is 495. The maximum Gasteiger partial charge on any atom is 0.218 e. The van der Waals surface area contributed by atoms with Crippen molar-refractivity contribution in [2.45, 2.75) is 25.6 Å². The molecule has 2 N–H and O–H groups in total. The van der Waals surface area contributed by atoms with Crippen molar-refractivity contribution in [3.05, 3.63) is 48.0 Å². The molecule has 0 saturated heterocycles. The molecule has 0 aliphatic carbocycles. The van der Waals surface area contributed by atoms with Crippen LogP contribution >= 0.6 is 0 Å². The van der Waals surface area contributed by atoms with Crippen LogP contribution in [0.4, 0.5) is 0 Å². The van der Waals surface area contributed by atoms with E-state index < -0.39 is 10.0 Å². The molecule has 0 aromatic heterocycles. The molecule has 5 heteroatoms. The Hall–Kier alpha value is -1.17. The van der Waals surface area contributed by atoms with Gasteiger partial charge in [0.1, 0.15) is 0 Å². The zero-order chi connectivity index (χ0) is 14.3. The van der Waals surface area contributed by atoms with Gasteiger partial charge in [0.05, 0.1) is 5.75 Å². The second kappa shape index (κ2) is 7.43. The Balaban J connectivity index is 2.83. The molecule has 0 atom stereocenters. The first-order valence-corrected chi connectivity index (χ1v) is 8.01. The third-order valence-corrected chi connectivity index (χ3v) is 4.62. The van der Waals surface area contributed by atoms with Gasteiger partial charge in [0.15, 0.2) is 0 Å². The van der Waals surface area contributed by atoms with E-state index in [1.807, 2.05) is 31.2 Å². The molecule has 4 nitrogen and oxygen atoms in total. The lowest BCUT2D eigenvalue weighted by Crippen LogP contribution is -2.33. The number of rotatable bonds is 8. The molecular weight excluding hydrogens is 260 g/mol. The number of nitrogens with zero attached hydrogens (tertiary/aromatic N) is 1. The van der Waals surface area contributed by atoms with Crippen LogP contribution in [0.5, 0.6) is 0 Å². The summed E-state index contributed by atoms with van der Waals surface area (Å²) in [6, 6.07) is 7.36. The van der Waals surface area contributed by atoms with Gasteiger partial charge in [0, 0.05) is 19.6 Å². The van der Waals surface area contributed by atoms with Gasteiger partial charge in [-0.3, -0.25) is 0 Å². The summed E-state index contributed by atoms with van der Waals surface area (Å²) in [4.78, 5) is 0. The predicted octanol–water partition coefficient (Wildman–Crippen LogP) is 1.87. The van der Waals surface area contributed by atoms with Gasteiger partial charge in [-0.15, -0.1) is 6.58 Å². The molecule has 0 unspecified atom stereocenters. The maximum absolute atomic E-state index is 12.3.